The molecule has 0 saturated heterocycles. The van der Waals surface area contributed by atoms with E-state index in [0.717, 1.165) is 0 Å². The van der Waals surface area contributed by atoms with E-state index < -0.39 is 21.9 Å². The zero-order valence-electron chi connectivity index (χ0n) is 10.6. The quantitative estimate of drug-likeness (QED) is 0.842. The summed E-state index contributed by atoms with van der Waals surface area (Å²) in [5.41, 5.74) is 1.33. The molecule has 6 heteroatoms. The maximum absolute atomic E-state index is 11.8. The van der Waals surface area contributed by atoms with Crippen LogP contribution >= 0.6 is 0 Å². The minimum Gasteiger partial charge on any atom is -0.481 e. The smallest absolute Gasteiger partial charge is 0.306 e. The third-order valence-corrected chi connectivity index (χ3v) is 4.33. The Morgan fingerprint density at radius 3 is 2.56 bits per heavy atom. The molecule has 1 aromatic rings. The van der Waals surface area contributed by atoms with Crippen molar-refractivity contribution in [3.8, 4) is 0 Å². The molecule has 2 N–H and O–H groups in total. The largest absolute Gasteiger partial charge is 0.481 e. The number of hydrogen-bond donors (Lipinski definition) is 2. The molecule has 0 fully saturated rings. The highest BCUT2D eigenvalue weighted by atomic mass is 32.2. The molecule has 1 unspecified atom stereocenters. The molecule has 0 aliphatic carbocycles. The van der Waals surface area contributed by atoms with E-state index in [-0.39, 0.29) is 4.90 Å². The second-order valence-electron chi connectivity index (χ2n) is 4.25. The van der Waals surface area contributed by atoms with Crippen molar-refractivity contribution >= 4 is 16.0 Å². The van der Waals surface area contributed by atoms with Crippen LogP contribution in [0.2, 0.25) is 0 Å². The van der Waals surface area contributed by atoms with Crippen molar-refractivity contribution in [2.24, 2.45) is 5.92 Å². The molecule has 0 spiro atoms. The second-order valence-corrected chi connectivity index (χ2v) is 6.11. The molecule has 1 atom stereocenters. The molecule has 0 amide bonds. The van der Waals surface area contributed by atoms with E-state index in [2.05, 4.69) is 4.72 Å². The van der Waals surface area contributed by atoms with Gasteiger partial charge in [0.2, 0.25) is 10.0 Å². The van der Waals surface area contributed by atoms with Crippen molar-refractivity contribution < 1.29 is 18.3 Å². The van der Waals surface area contributed by atoms with Gasteiger partial charge in [0, 0.05) is 0 Å². The maximum Gasteiger partial charge on any atom is 0.306 e. The molecule has 18 heavy (non-hydrogen) atoms. The second kappa shape index (κ2) is 5.49. The number of aryl methyl sites for hydroxylation is 1. The minimum atomic E-state index is -3.50. The Kier molecular flexibility index (Phi) is 4.48. The first-order chi connectivity index (χ1) is 8.27. The molecule has 0 heterocycles. The van der Waals surface area contributed by atoms with Crippen molar-refractivity contribution in [2.45, 2.75) is 25.2 Å². The average molecular weight is 271 g/mol. The maximum atomic E-state index is 11.8. The lowest BCUT2D eigenvalue weighted by Gasteiger charge is -2.11. The van der Waals surface area contributed by atoms with Gasteiger partial charge in [-0.3, -0.25) is 4.79 Å². The summed E-state index contributed by atoms with van der Waals surface area (Å²) < 4.78 is 25.8. The first-order valence-electron chi connectivity index (χ1n) is 5.54. The Balaban J connectivity index is 3.13. The summed E-state index contributed by atoms with van der Waals surface area (Å²) in [5, 5.41) is 8.84. The van der Waals surface area contributed by atoms with E-state index in [9.17, 15) is 13.2 Å². The van der Waals surface area contributed by atoms with E-state index in [0.29, 0.717) is 17.5 Å². The fraction of sp³-hybridized carbons (Fsp3) is 0.417. The van der Waals surface area contributed by atoms with Gasteiger partial charge in [0.1, 0.15) is 0 Å². The van der Waals surface area contributed by atoms with Crippen molar-refractivity contribution in [3.05, 3.63) is 29.3 Å². The molecule has 0 radical (unpaired) electrons. The Morgan fingerprint density at radius 2 is 2.06 bits per heavy atom. The highest BCUT2D eigenvalue weighted by Gasteiger charge is 2.17. The molecule has 0 aromatic heterocycles. The predicted molar refractivity (Wildman–Crippen MR) is 67.9 cm³/mol. The molecule has 0 saturated carbocycles. The molecular weight excluding hydrogens is 254 g/mol. The van der Waals surface area contributed by atoms with Gasteiger partial charge in [-0.15, -0.1) is 0 Å². The number of hydrogen-bond acceptors (Lipinski definition) is 3. The van der Waals surface area contributed by atoms with E-state index in [1.165, 1.54) is 13.1 Å². The van der Waals surface area contributed by atoms with Gasteiger partial charge in [-0.25, -0.2) is 13.1 Å². The number of carboxylic acids is 1. The summed E-state index contributed by atoms with van der Waals surface area (Å²) in [7, 11) is -2.16. The summed E-state index contributed by atoms with van der Waals surface area (Å²) >= 11 is 0. The highest BCUT2D eigenvalue weighted by Crippen LogP contribution is 2.19. The topological polar surface area (TPSA) is 83.5 Å². The van der Waals surface area contributed by atoms with Crippen LogP contribution in [0.15, 0.2) is 23.1 Å². The molecule has 1 rings (SSSR count). The lowest BCUT2D eigenvalue weighted by atomic mass is 10.0. The number of benzene rings is 1. The van der Waals surface area contributed by atoms with Gasteiger partial charge in [0.25, 0.3) is 0 Å². The number of sulfonamides is 1. The first kappa shape index (κ1) is 14.7. The highest BCUT2D eigenvalue weighted by molar-refractivity contribution is 7.89. The zero-order valence-corrected chi connectivity index (χ0v) is 11.4. The van der Waals surface area contributed by atoms with Gasteiger partial charge in [0.15, 0.2) is 0 Å². The number of rotatable bonds is 5. The summed E-state index contributed by atoms with van der Waals surface area (Å²) in [6.45, 7) is 3.29. The fourth-order valence-corrected chi connectivity index (χ4v) is 2.63. The monoisotopic (exact) mass is 271 g/mol. The van der Waals surface area contributed by atoms with Gasteiger partial charge in [-0.2, -0.15) is 0 Å². The third kappa shape index (κ3) is 3.30. The van der Waals surface area contributed by atoms with Gasteiger partial charge in [0.05, 0.1) is 10.8 Å². The van der Waals surface area contributed by atoms with Crippen LogP contribution in [0.25, 0.3) is 0 Å². The lowest BCUT2D eigenvalue weighted by Crippen LogP contribution is -2.20. The van der Waals surface area contributed by atoms with Gasteiger partial charge >= 0.3 is 5.97 Å². The van der Waals surface area contributed by atoms with Gasteiger partial charge in [-0.1, -0.05) is 19.1 Å². The number of aliphatic carboxylic acids is 1. The van der Waals surface area contributed by atoms with Crippen molar-refractivity contribution in [3.63, 3.8) is 0 Å². The van der Waals surface area contributed by atoms with Crippen molar-refractivity contribution in [1.82, 2.24) is 4.72 Å². The Hall–Kier alpha value is -1.40. The molecule has 0 bridgehead atoms. The standard InChI is InChI=1S/C12H17NO4S/c1-8-4-5-10(6-9(2)12(14)15)7-11(8)18(16,17)13-3/h4-5,7,9,13H,6H2,1-3H3,(H,14,15). The third-order valence-electron chi connectivity index (χ3n) is 2.77. The SMILES string of the molecule is CNS(=O)(=O)c1cc(CC(C)C(=O)O)ccc1C. The molecular formula is C12H17NO4S. The summed E-state index contributed by atoms with van der Waals surface area (Å²) in [6.07, 6.45) is 0.307. The van der Waals surface area contributed by atoms with Crippen LogP contribution in [0, 0.1) is 12.8 Å². The van der Waals surface area contributed by atoms with Crippen LogP contribution in [0.5, 0.6) is 0 Å². The molecule has 1 aromatic carbocycles. The normalized spacial score (nSPS) is 13.3. The van der Waals surface area contributed by atoms with Crippen LogP contribution in [-0.2, 0) is 21.2 Å². The molecule has 0 aliphatic rings. The van der Waals surface area contributed by atoms with E-state index in [1.807, 2.05) is 0 Å². The molecule has 0 aliphatic heterocycles. The number of carbonyl (C=O) groups is 1. The van der Waals surface area contributed by atoms with Crippen molar-refractivity contribution in [1.29, 1.82) is 0 Å². The average Bonchev–Trinajstić information content (AvgIpc) is 2.31. The number of nitrogens with one attached hydrogen (secondary N) is 1. The minimum absolute atomic E-state index is 0.195. The summed E-state index contributed by atoms with van der Waals surface area (Å²) in [4.78, 5) is 11.0. The van der Waals surface area contributed by atoms with E-state index in [1.54, 1.807) is 26.0 Å². The number of carboxylic acid groups (broad SMARTS) is 1. The molecule has 100 valence electrons. The predicted octanol–water partition coefficient (Wildman–Crippen LogP) is 1.17. The Bertz CT molecular complexity index is 551. The Morgan fingerprint density at radius 1 is 1.44 bits per heavy atom. The lowest BCUT2D eigenvalue weighted by molar-refractivity contribution is -0.141. The van der Waals surface area contributed by atoms with Crippen LogP contribution < -0.4 is 4.72 Å². The Labute approximate surface area is 107 Å². The fourth-order valence-electron chi connectivity index (χ4n) is 1.61. The first-order valence-corrected chi connectivity index (χ1v) is 7.02. The van der Waals surface area contributed by atoms with Gasteiger partial charge < -0.3 is 5.11 Å². The van der Waals surface area contributed by atoms with Crippen LogP contribution in [0.4, 0.5) is 0 Å². The van der Waals surface area contributed by atoms with Crippen LogP contribution in [0.3, 0.4) is 0 Å². The van der Waals surface area contributed by atoms with E-state index in [4.69, 9.17) is 5.11 Å². The van der Waals surface area contributed by atoms with E-state index >= 15 is 0 Å². The summed E-state index contributed by atoms with van der Waals surface area (Å²) in [5.74, 6) is -1.44. The van der Waals surface area contributed by atoms with Crippen molar-refractivity contribution in [2.75, 3.05) is 7.05 Å². The van der Waals surface area contributed by atoms with Crippen LogP contribution in [-0.4, -0.2) is 26.5 Å². The zero-order chi connectivity index (χ0) is 13.9. The molecule has 5 nitrogen and oxygen atoms in total. The summed E-state index contributed by atoms with van der Waals surface area (Å²) in [6, 6.07) is 4.97. The van der Waals surface area contributed by atoms with Crippen LogP contribution in [0.1, 0.15) is 18.1 Å². The van der Waals surface area contributed by atoms with Gasteiger partial charge in [-0.05, 0) is 37.6 Å².